The molecule has 0 spiro atoms. The van der Waals surface area contributed by atoms with Gasteiger partial charge in [0.1, 0.15) is 0 Å². The Morgan fingerprint density at radius 2 is 2.11 bits per heavy atom. The Bertz CT molecular complexity index is 489. The molecule has 0 heterocycles. The first-order valence-electron chi connectivity index (χ1n) is 7.14. The van der Waals surface area contributed by atoms with Gasteiger partial charge in [-0.1, -0.05) is 24.6 Å². The third-order valence-electron chi connectivity index (χ3n) is 4.80. The van der Waals surface area contributed by atoms with Crippen molar-refractivity contribution in [3.05, 3.63) is 39.9 Å². The van der Waals surface area contributed by atoms with Crippen molar-refractivity contribution in [2.45, 2.75) is 44.7 Å². The van der Waals surface area contributed by atoms with E-state index in [9.17, 15) is 10.1 Å². The number of benzene rings is 1. The Kier molecular flexibility index (Phi) is 3.27. The molecule has 0 aromatic heterocycles. The van der Waals surface area contributed by atoms with Crippen LogP contribution in [-0.2, 0) is 0 Å². The highest BCUT2D eigenvalue weighted by atomic mass is 16.6. The second-order valence-electron chi connectivity index (χ2n) is 5.99. The van der Waals surface area contributed by atoms with Crippen molar-refractivity contribution >= 4 is 5.69 Å². The lowest BCUT2D eigenvalue weighted by atomic mass is 9.94. The Labute approximate surface area is 113 Å². The number of para-hydroxylation sites is 1. The van der Waals surface area contributed by atoms with Gasteiger partial charge in [-0.2, -0.15) is 0 Å². The van der Waals surface area contributed by atoms with Gasteiger partial charge in [0.25, 0.3) is 5.69 Å². The van der Waals surface area contributed by atoms with E-state index in [0.717, 1.165) is 17.4 Å². The maximum absolute atomic E-state index is 11.1. The van der Waals surface area contributed by atoms with Gasteiger partial charge in [-0.3, -0.25) is 10.1 Å². The average molecular weight is 260 g/mol. The summed E-state index contributed by atoms with van der Waals surface area (Å²) < 4.78 is 0. The molecule has 4 unspecified atom stereocenters. The summed E-state index contributed by atoms with van der Waals surface area (Å²) >= 11 is 0. The van der Waals surface area contributed by atoms with Gasteiger partial charge in [-0.05, 0) is 38.0 Å². The summed E-state index contributed by atoms with van der Waals surface area (Å²) in [6.07, 6.45) is 5.30. The molecule has 1 N–H and O–H groups in total. The van der Waals surface area contributed by atoms with Crippen LogP contribution in [0.3, 0.4) is 0 Å². The summed E-state index contributed by atoms with van der Waals surface area (Å²) in [5, 5.41) is 14.7. The topological polar surface area (TPSA) is 55.2 Å². The molecule has 2 bridgehead atoms. The predicted octanol–water partition coefficient (Wildman–Crippen LogP) is 3.43. The first-order valence-corrected chi connectivity index (χ1v) is 7.14. The molecule has 4 heteroatoms. The zero-order chi connectivity index (χ0) is 13.4. The van der Waals surface area contributed by atoms with Crippen molar-refractivity contribution < 1.29 is 4.92 Å². The van der Waals surface area contributed by atoms with E-state index < -0.39 is 0 Å². The third kappa shape index (κ3) is 2.37. The molecule has 2 fully saturated rings. The quantitative estimate of drug-likeness (QED) is 0.666. The molecule has 0 saturated heterocycles. The van der Waals surface area contributed by atoms with Crippen molar-refractivity contribution in [3.8, 4) is 0 Å². The van der Waals surface area contributed by atoms with Crippen LogP contribution in [0.2, 0.25) is 0 Å². The van der Waals surface area contributed by atoms with E-state index in [-0.39, 0.29) is 16.7 Å². The number of nitro groups is 1. The number of rotatable bonds is 4. The van der Waals surface area contributed by atoms with Crippen molar-refractivity contribution in [1.82, 2.24) is 5.32 Å². The molecular weight excluding hydrogens is 240 g/mol. The average Bonchev–Trinajstić information content (AvgIpc) is 3.01. The fourth-order valence-electron chi connectivity index (χ4n) is 3.88. The smallest absolute Gasteiger partial charge is 0.274 e. The van der Waals surface area contributed by atoms with E-state index in [4.69, 9.17) is 0 Å². The summed E-state index contributed by atoms with van der Waals surface area (Å²) in [6.45, 7) is 2.04. The number of hydrogen-bond donors (Lipinski definition) is 1. The number of nitrogens with zero attached hydrogens (tertiary/aromatic N) is 1. The molecule has 3 rings (SSSR count). The molecule has 0 radical (unpaired) electrons. The zero-order valence-electron chi connectivity index (χ0n) is 11.2. The largest absolute Gasteiger partial charge is 0.307 e. The van der Waals surface area contributed by atoms with Crippen molar-refractivity contribution in [3.63, 3.8) is 0 Å². The Balaban J connectivity index is 1.74. The third-order valence-corrected chi connectivity index (χ3v) is 4.80. The number of nitrogens with one attached hydrogen (secondary N) is 1. The highest BCUT2D eigenvalue weighted by molar-refractivity contribution is 5.41. The standard InChI is InChI=1S/C15H20N2O2/c1-10(13-4-2-3-5-15(13)17(18)19)16-14-9-11-6-7-12(14)8-11/h2-5,10-12,14,16H,6-9H2,1H3. The number of hydrogen-bond acceptors (Lipinski definition) is 3. The highest BCUT2D eigenvalue weighted by Crippen LogP contribution is 2.45. The van der Waals surface area contributed by atoms with Crippen molar-refractivity contribution in [2.75, 3.05) is 0 Å². The first kappa shape index (κ1) is 12.6. The molecule has 1 aromatic carbocycles. The minimum absolute atomic E-state index is 0.0472. The van der Waals surface area contributed by atoms with Crippen LogP contribution in [0.4, 0.5) is 5.69 Å². The SMILES string of the molecule is CC(NC1CC2CCC1C2)c1ccccc1[N+](=O)[O-]. The lowest BCUT2D eigenvalue weighted by molar-refractivity contribution is -0.385. The van der Waals surface area contributed by atoms with E-state index in [0.29, 0.717) is 6.04 Å². The van der Waals surface area contributed by atoms with Crippen LogP contribution in [0.15, 0.2) is 24.3 Å². The maximum atomic E-state index is 11.1. The van der Waals surface area contributed by atoms with E-state index in [1.807, 2.05) is 19.1 Å². The second kappa shape index (κ2) is 4.93. The first-order chi connectivity index (χ1) is 9.15. The summed E-state index contributed by atoms with van der Waals surface area (Å²) in [5.74, 6) is 1.68. The molecule has 2 saturated carbocycles. The van der Waals surface area contributed by atoms with Crippen molar-refractivity contribution in [2.24, 2.45) is 11.8 Å². The Morgan fingerprint density at radius 3 is 2.74 bits per heavy atom. The van der Waals surface area contributed by atoms with Crippen LogP contribution in [-0.4, -0.2) is 11.0 Å². The van der Waals surface area contributed by atoms with E-state index in [1.165, 1.54) is 25.7 Å². The molecule has 4 nitrogen and oxygen atoms in total. The molecule has 1 aromatic rings. The van der Waals surface area contributed by atoms with Gasteiger partial charge < -0.3 is 5.32 Å². The molecule has 19 heavy (non-hydrogen) atoms. The molecule has 4 atom stereocenters. The lowest BCUT2D eigenvalue weighted by Gasteiger charge is -2.26. The molecular formula is C15H20N2O2. The number of fused-ring (bicyclic) bond motifs is 2. The Hall–Kier alpha value is -1.42. The predicted molar refractivity (Wildman–Crippen MR) is 73.9 cm³/mol. The molecule has 2 aliphatic rings. The minimum atomic E-state index is -0.283. The molecule has 102 valence electrons. The van der Waals surface area contributed by atoms with Gasteiger partial charge in [0.15, 0.2) is 0 Å². The summed E-state index contributed by atoms with van der Waals surface area (Å²) in [6, 6.07) is 7.66. The Morgan fingerprint density at radius 1 is 1.32 bits per heavy atom. The van der Waals surface area contributed by atoms with Gasteiger partial charge >= 0.3 is 0 Å². The fraction of sp³-hybridized carbons (Fsp3) is 0.600. The van der Waals surface area contributed by atoms with Crippen LogP contribution >= 0.6 is 0 Å². The van der Waals surface area contributed by atoms with Crippen LogP contribution < -0.4 is 5.32 Å². The summed E-state index contributed by atoms with van der Waals surface area (Å²) in [7, 11) is 0. The lowest BCUT2D eigenvalue weighted by Crippen LogP contribution is -2.35. The van der Waals surface area contributed by atoms with Crippen LogP contribution in [0, 0.1) is 22.0 Å². The van der Waals surface area contributed by atoms with Gasteiger partial charge in [-0.15, -0.1) is 0 Å². The van der Waals surface area contributed by atoms with E-state index in [1.54, 1.807) is 12.1 Å². The zero-order valence-corrected chi connectivity index (χ0v) is 11.2. The molecule has 0 aliphatic heterocycles. The van der Waals surface area contributed by atoms with Gasteiger partial charge in [-0.25, -0.2) is 0 Å². The fourth-order valence-corrected chi connectivity index (χ4v) is 3.88. The minimum Gasteiger partial charge on any atom is -0.307 e. The van der Waals surface area contributed by atoms with E-state index in [2.05, 4.69) is 5.32 Å². The van der Waals surface area contributed by atoms with Gasteiger partial charge in [0.2, 0.25) is 0 Å². The van der Waals surface area contributed by atoms with Crippen LogP contribution in [0.1, 0.15) is 44.2 Å². The highest BCUT2D eigenvalue weighted by Gasteiger charge is 2.40. The molecule has 0 amide bonds. The van der Waals surface area contributed by atoms with Crippen molar-refractivity contribution in [1.29, 1.82) is 0 Å². The monoisotopic (exact) mass is 260 g/mol. The van der Waals surface area contributed by atoms with Gasteiger partial charge in [0.05, 0.1) is 4.92 Å². The second-order valence-corrected chi connectivity index (χ2v) is 5.99. The molecule has 2 aliphatic carbocycles. The van der Waals surface area contributed by atoms with Crippen LogP contribution in [0.25, 0.3) is 0 Å². The number of nitro benzene ring substituents is 1. The summed E-state index contributed by atoms with van der Waals surface area (Å²) in [5.41, 5.74) is 1.03. The normalized spacial score (nSPS) is 30.5. The van der Waals surface area contributed by atoms with E-state index >= 15 is 0 Å². The summed E-state index contributed by atoms with van der Waals surface area (Å²) in [4.78, 5) is 10.8. The van der Waals surface area contributed by atoms with Gasteiger partial charge in [0, 0.05) is 23.7 Å². The van der Waals surface area contributed by atoms with Crippen LogP contribution in [0.5, 0.6) is 0 Å². The maximum Gasteiger partial charge on any atom is 0.274 e.